The molecule has 0 spiro atoms. The molecule has 1 aromatic rings. The number of benzene rings is 1. The van der Waals surface area contributed by atoms with Crippen LogP contribution in [0, 0.1) is 11.8 Å². The first-order valence-corrected chi connectivity index (χ1v) is 11.7. The summed E-state index contributed by atoms with van der Waals surface area (Å²) < 4.78 is 23.3. The molecule has 158 valence electrons. The maximum Gasteiger partial charge on any atom is 0.229 e. The first kappa shape index (κ1) is 21.3. The van der Waals surface area contributed by atoms with Crippen LogP contribution in [-0.4, -0.2) is 55.1 Å². The molecule has 2 N–H and O–H groups in total. The second-order valence-corrected chi connectivity index (χ2v) is 10.4. The maximum absolute atomic E-state index is 12.6. The molecule has 9 heteroatoms. The Balaban J connectivity index is 1.54. The van der Waals surface area contributed by atoms with Crippen LogP contribution < -0.4 is 10.6 Å². The topological polar surface area (TPSA) is 113 Å². The third-order valence-electron chi connectivity index (χ3n) is 5.21. The fourth-order valence-corrected chi connectivity index (χ4v) is 5.48. The number of sulfone groups is 1. The van der Waals surface area contributed by atoms with Crippen molar-refractivity contribution in [2.45, 2.75) is 39.2 Å². The van der Waals surface area contributed by atoms with E-state index in [1.54, 1.807) is 29.2 Å². The van der Waals surface area contributed by atoms with E-state index in [-0.39, 0.29) is 54.2 Å². The van der Waals surface area contributed by atoms with Crippen LogP contribution in [0.2, 0.25) is 0 Å². The fraction of sp³-hybridized carbons (Fsp3) is 0.550. The van der Waals surface area contributed by atoms with Crippen molar-refractivity contribution >= 4 is 38.9 Å². The molecule has 2 fully saturated rings. The van der Waals surface area contributed by atoms with E-state index in [2.05, 4.69) is 10.6 Å². The van der Waals surface area contributed by atoms with Gasteiger partial charge in [-0.05, 0) is 36.6 Å². The van der Waals surface area contributed by atoms with Gasteiger partial charge in [-0.2, -0.15) is 0 Å². The van der Waals surface area contributed by atoms with Crippen molar-refractivity contribution in [2.75, 3.05) is 28.7 Å². The molecule has 2 aliphatic rings. The van der Waals surface area contributed by atoms with Gasteiger partial charge in [-0.15, -0.1) is 0 Å². The van der Waals surface area contributed by atoms with Crippen molar-refractivity contribution in [1.29, 1.82) is 0 Å². The normalized spacial score (nSPS) is 23.4. The number of nitrogens with zero attached hydrogens (tertiary/aromatic N) is 1. The van der Waals surface area contributed by atoms with E-state index < -0.39 is 15.8 Å². The molecular formula is C20H27N3O5S. The monoisotopic (exact) mass is 421 g/mol. The van der Waals surface area contributed by atoms with Crippen molar-refractivity contribution in [1.82, 2.24) is 4.90 Å². The van der Waals surface area contributed by atoms with Gasteiger partial charge in [-0.3, -0.25) is 14.4 Å². The molecule has 2 atom stereocenters. The summed E-state index contributed by atoms with van der Waals surface area (Å²) in [5, 5.41) is 5.60. The number of rotatable bonds is 6. The highest BCUT2D eigenvalue weighted by molar-refractivity contribution is 7.91. The van der Waals surface area contributed by atoms with Gasteiger partial charge < -0.3 is 15.5 Å². The third-order valence-corrected chi connectivity index (χ3v) is 6.96. The Labute approximate surface area is 170 Å². The second kappa shape index (κ2) is 8.52. The number of likely N-dealkylation sites (tertiary alicyclic amines) is 1. The molecule has 3 amide bonds. The van der Waals surface area contributed by atoms with Crippen molar-refractivity contribution in [3.8, 4) is 0 Å². The van der Waals surface area contributed by atoms with Crippen LogP contribution in [0.5, 0.6) is 0 Å². The van der Waals surface area contributed by atoms with Gasteiger partial charge in [0, 0.05) is 36.8 Å². The van der Waals surface area contributed by atoms with Gasteiger partial charge in [0.25, 0.3) is 0 Å². The van der Waals surface area contributed by atoms with E-state index >= 15 is 0 Å². The zero-order valence-electron chi connectivity index (χ0n) is 16.7. The third kappa shape index (κ3) is 5.56. The van der Waals surface area contributed by atoms with Crippen molar-refractivity contribution in [3.05, 3.63) is 24.3 Å². The van der Waals surface area contributed by atoms with Crippen LogP contribution in [0.25, 0.3) is 0 Å². The molecule has 29 heavy (non-hydrogen) atoms. The number of amides is 3. The van der Waals surface area contributed by atoms with Crippen LogP contribution in [-0.2, 0) is 24.2 Å². The molecule has 8 nitrogen and oxygen atoms in total. The van der Waals surface area contributed by atoms with E-state index in [0.717, 1.165) is 0 Å². The minimum atomic E-state index is -3.09. The number of anilines is 2. The lowest BCUT2D eigenvalue weighted by molar-refractivity contribution is -0.129. The predicted molar refractivity (Wildman–Crippen MR) is 110 cm³/mol. The fourth-order valence-electron chi connectivity index (χ4n) is 3.75. The van der Waals surface area contributed by atoms with Crippen molar-refractivity contribution in [2.24, 2.45) is 11.8 Å². The highest BCUT2D eigenvalue weighted by Gasteiger charge is 2.41. The number of carbonyl (C=O) groups is 3. The lowest BCUT2D eigenvalue weighted by Crippen LogP contribution is -2.38. The van der Waals surface area contributed by atoms with Crippen molar-refractivity contribution < 1.29 is 22.8 Å². The first-order valence-electron chi connectivity index (χ1n) is 9.83. The summed E-state index contributed by atoms with van der Waals surface area (Å²) in [6.45, 7) is 4.19. The van der Waals surface area contributed by atoms with Crippen LogP contribution in [0.1, 0.15) is 33.1 Å². The molecular weight excluding hydrogens is 394 g/mol. The van der Waals surface area contributed by atoms with Crippen LogP contribution in [0.3, 0.4) is 0 Å². The SMILES string of the molecule is CC(C)CC(=O)Nc1ccc(NC(=O)C2CC(=O)N(C3CCS(=O)(=O)C3)C2)cc1. The Bertz CT molecular complexity index is 895. The highest BCUT2D eigenvalue weighted by Crippen LogP contribution is 2.27. The van der Waals surface area contributed by atoms with Gasteiger partial charge in [-0.25, -0.2) is 8.42 Å². The number of nitrogens with one attached hydrogen (secondary N) is 2. The van der Waals surface area contributed by atoms with E-state index in [1.807, 2.05) is 13.8 Å². The summed E-state index contributed by atoms with van der Waals surface area (Å²) in [5.41, 5.74) is 1.23. The number of carbonyl (C=O) groups excluding carboxylic acids is 3. The molecule has 2 saturated heterocycles. The highest BCUT2D eigenvalue weighted by atomic mass is 32.2. The quantitative estimate of drug-likeness (QED) is 0.725. The van der Waals surface area contributed by atoms with Gasteiger partial charge in [-0.1, -0.05) is 13.8 Å². The number of hydrogen-bond acceptors (Lipinski definition) is 5. The zero-order chi connectivity index (χ0) is 21.2. The van der Waals surface area contributed by atoms with Crippen LogP contribution in [0.4, 0.5) is 11.4 Å². The Morgan fingerprint density at radius 1 is 1.14 bits per heavy atom. The van der Waals surface area contributed by atoms with E-state index in [4.69, 9.17) is 0 Å². The largest absolute Gasteiger partial charge is 0.338 e. The second-order valence-electron chi connectivity index (χ2n) is 8.22. The van der Waals surface area contributed by atoms with Gasteiger partial charge in [0.2, 0.25) is 17.7 Å². The Morgan fingerprint density at radius 2 is 1.76 bits per heavy atom. The maximum atomic E-state index is 12.6. The standard InChI is InChI=1S/C20H27N3O5S/c1-13(2)9-18(24)21-15-3-5-16(6-4-15)22-20(26)14-10-19(25)23(11-14)17-7-8-29(27,28)12-17/h3-6,13-14,17H,7-12H2,1-2H3,(H,21,24)(H,22,26). The zero-order valence-corrected chi connectivity index (χ0v) is 17.5. The molecule has 0 bridgehead atoms. The minimum absolute atomic E-state index is 0.0168. The smallest absolute Gasteiger partial charge is 0.229 e. The van der Waals surface area contributed by atoms with Gasteiger partial charge in [0.1, 0.15) is 0 Å². The first-order chi connectivity index (χ1) is 13.6. The minimum Gasteiger partial charge on any atom is -0.338 e. The molecule has 1 aromatic carbocycles. The average Bonchev–Trinajstić information content (AvgIpc) is 3.18. The Morgan fingerprint density at radius 3 is 2.31 bits per heavy atom. The lowest BCUT2D eigenvalue weighted by atomic mass is 10.1. The molecule has 0 aliphatic carbocycles. The van der Waals surface area contributed by atoms with E-state index in [0.29, 0.717) is 24.2 Å². The lowest BCUT2D eigenvalue weighted by Gasteiger charge is -2.22. The molecule has 2 heterocycles. The molecule has 2 unspecified atom stereocenters. The summed E-state index contributed by atoms with van der Waals surface area (Å²) in [6, 6.07) is 6.49. The van der Waals surface area contributed by atoms with Crippen LogP contribution >= 0.6 is 0 Å². The van der Waals surface area contributed by atoms with Gasteiger partial charge in [0.15, 0.2) is 9.84 Å². The molecule has 0 radical (unpaired) electrons. The Kier molecular flexibility index (Phi) is 6.26. The predicted octanol–water partition coefficient (Wildman–Crippen LogP) is 1.65. The van der Waals surface area contributed by atoms with Crippen molar-refractivity contribution in [3.63, 3.8) is 0 Å². The molecule has 3 rings (SSSR count). The van der Waals surface area contributed by atoms with Gasteiger partial charge in [0.05, 0.1) is 17.4 Å². The summed E-state index contributed by atoms with van der Waals surface area (Å²) in [6.07, 6.45) is 0.963. The summed E-state index contributed by atoms with van der Waals surface area (Å²) >= 11 is 0. The molecule has 0 aromatic heterocycles. The Hall–Kier alpha value is -2.42. The summed E-state index contributed by atoms with van der Waals surface area (Å²) in [4.78, 5) is 38.2. The summed E-state index contributed by atoms with van der Waals surface area (Å²) in [7, 11) is -3.09. The number of hydrogen-bond donors (Lipinski definition) is 2. The van der Waals surface area contributed by atoms with E-state index in [1.165, 1.54) is 0 Å². The van der Waals surface area contributed by atoms with Crippen LogP contribution in [0.15, 0.2) is 24.3 Å². The van der Waals surface area contributed by atoms with E-state index in [9.17, 15) is 22.8 Å². The molecule has 2 aliphatic heterocycles. The van der Waals surface area contributed by atoms with Gasteiger partial charge >= 0.3 is 0 Å². The summed E-state index contributed by atoms with van der Waals surface area (Å²) in [5.74, 6) is -0.651. The molecule has 0 saturated carbocycles. The average molecular weight is 422 g/mol.